The second-order valence-electron chi connectivity index (χ2n) is 4.48. The third-order valence-corrected chi connectivity index (χ3v) is 2.91. The van der Waals surface area contributed by atoms with Crippen LogP contribution >= 0.6 is 0 Å². The zero-order valence-electron chi connectivity index (χ0n) is 9.27. The van der Waals surface area contributed by atoms with Crippen LogP contribution in [0.3, 0.4) is 0 Å². The van der Waals surface area contributed by atoms with Gasteiger partial charge in [-0.25, -0.2) is 0 Å². The van der Waals surface area contributed by atoms with Gasteiger partial charge in [0.15, 0.2) is 0 Å². The van der Waals surface area contributed by atoms with Crippen LogP contribution in [-0.4, -0.2) is 23.2 Å². The lowest BCUT2D eigenvalue weighted by Crippen LogP contribution is -2.55. The fraction of sp³-hybridized carbons (Fsp3) is 0.900. The zero-order valence-corrected chi connectivity index (χ0v) is 9.27. The van der Waals surface area contributed by atoms with Gasteiger partial charge in [-0.1, -0.05) is 6.92 Å². The zero-order chi connectivity index (χ0) is 10.7. The van der Waals surface area contributed by atoms with Crippen LogP contribution in [0, 0.1) is 5.41 Å². The predicted octanol–water partition coefficient (Wildman–Crippen LogP) is 1.88. The lowest BCUT2D eigenvalue weighted by molar-refractivity contribution is -0.151. The van der Waals surface area contributed by atoms with Crippen LogP contribution in [0.2, 0.25) is 0 Å². The highest BCUT2D eigenvalue weighted by molar-refractivity contribution is 5.75. The van der Waals surface area contributed by atoms with E-state index in [0.29, 0.717) is 0 Å². The molecule has 0 spiro atoms. The van der Waals surface area contributed by atoms with Crippen molar-refractivity contribution >= 4 is 5.97 Å². The molecule has 0 saturated heterocycles. The molecular weight excluding hydrogens is 166 g/mol. The van der Waals surface area contributed by atoms with E-state index in [4.69, 9.17) is 5.11 Å². The molecule has 78 valence electrons. The summed E-state index contributed by atoms with van der Waals surface area (Å²) in [5, 5.41) is 12.3. The molecule has 0 aromatic heterocycles. The second kappa shape index (κ2) is 4.09. The second-order valence-corrected chi connectivity index (χ2v) is 4.48. The molecule has 3 nitrogen and oxygen atoms in total. The van der Waals surface area contributed by atoms with Gasteiger partial charge in [-0.15, -0.1) is 0 Å². The smallest absolute Gasteiger partial charge is 0.310 e. The Labute approximate surface area is 80.5 Å². The number of rotatable bonds is 5. The highest BCUT2D eigenvalue weighted by Gasteiger charge is 2.42. The topological polar surface area (TPSA) is 49.3 Å². The van der Waals surface area contributed by atoms with E-state index >= 15 is 0 Å². The van der Waals surface area contributed by atoms with E-state index < -0.39 is 11.4 Å². The Hall–Kier alpha value is -0.570. The first kappa shape index (κ1) is 12.4. The first-order chi connectivity index (χ1) is 5.75. The number of carbonyl (C=O) groups is 1. The van der Waals surface area contributed by atoms with Gasteiger partial charge in [-0.3, -0.25) is 4.79 Å². The maximum Gasteiger partial charge on any atom is 0.310 e. The quantitative estimate of drug-likeness (QED) is 0.691. The van der Waals surface area contributed by atoms with Crippen LogP contribution in [0.5, 0.6) is 0 Å². The first-order valence-corrected chi connectivity index (χ1v) is 4.74. The van der Waals surface area contributed by atoms with E-state index in [2.05, 4.69) is 12.2 Å². The average Bonchev–Trinajstić information content (AvgIpc) is 2.00. The molecule has 0 aliphatic rings. The van der Waals surface area contributed by atoms with Crippen LogP contribution < -0.4 is 5.32 Å². The molecule has 0 aromatic carbocycles. The molecule has 0 aliphatic carbocycles. The van der Waals surface area contributed by atoms with E-state index in [1.807, 2.05) is 13.8 Å². The minimum absolute atomic E-state index is 0.380. The van der Waals surface area contributed by atoms with Crippen molar-refractivity contribution in [2.75, 3.05) is 6.54 Å². The minimum atomic E-state index is -0.763. The van der Waals surface area contributed by atoms with Crippen LogP contribution in [0.15, 0.2) is 0 Å². The van der Waals surface area contributed by atoms with Gasteiger partial charge in [0, 0.05) is 5.54 Å². The molecule has 0 radical (unpaired) electrons. The summed E-state index contributed by atoms with van der Waals surface area (Å²) < 4.78 is 0. The summed E-state index contributed by atoms with van der Waals surface area (Å²) >= 11 is 0. The lowest BCUT2D eigenvalue weighted by atomic mass is 9.74. The summed E-state index contributed by atoms with van der Waals surface area (Å²) in [5.41, 5.74) is -1.13. The molecule has 13 heavy (non-hydrogen) atoms. The number of aliphatic carboxylic acids is 1. The molecule has 0 saturated carbocycles. The standard InChI is InChI=1S/C10H21NO2/c1-6-7-11-10(4,5)9(2,3)8(12)13/h11H,6-7H2,1-5H3,(H,12,13). The van der Waals surface area contributed by atoms with Crippen molar-refractivity contribution in [3.05, 3.63) is 0 Å². The number of hydrogen-bond donors (Lipinski definition) is 2. The van der Waals surface area contributed by atoms with E-state index in [-0.39, 0.29) is 5.54 Å². The Bertz CT molecular complexity index is 185. The van der Waals surface area contributed by atoms with Crippen molar-refractivity contribution in [3.8, 4) is 0 Å². The molecule has 0 heterocycles. The van der Waals surface area contributed by atoms with E-state index in [1.54, 1.807) is 13.8 Å². The highest BCUT2D eigenvalue weighted by atomic mass is 16.4. The summed E-state index contributed by atoms with van der Waals surface area (Å²) in [5.74, 6) is -0.763. The molecule has 3 heteroatoms. The molecule has 0 amide bonds. The van der Waals surface area contributed by atoms with Gasteiger partial charge in [0.2, 0.25) is 0 Å². The van der Waals surface area contributed by atoms with Gasteiger partial charge in [-0.05, 0) is 40.7 Å². The van der Waals surface area contributed by atoms with Crippen LogP contribution in [0.4, 0.5) is 0 Å². The molecule has 0 fully saturated rings. The maximum absolute atomic E-state index is 11.0. The van der Waals surface area contributed by atoms with Gasteiger partial charge in [0.05, 0.1) is 5.41 Å². The van der Waals surface area contributed by atoms with E-state index in [0.717, 1.165) is 13.0 Å². The van der Waals surface area contributed by atoms with Crippen LogP contribution in [-0.2, 0) is 4.79 Å². The normalized spacial score (nSPS) is 13.0. The molecule has 0 rings (SSSR count). The maximum atomic E-state index is 11.0. The predicted molar refractivity (Wildman–Crippen MR) is 53.8 cm³/mol. The Morgan fingerprint density at radius 2 is 1.77 bits per heavy atom. The summed E-state index contributed by atoms with van der Waals surface area (Å²) in [7, 11) is 0. The highest BCUT2D eigenvalue weighted by Crippen LogP contribution is 2.30. The number of nitrogens with one attached hydrogen (secondary N) is 1. The van der Waals surface area contributed by atoms with Crippen molar-refractivity contribution in [2.24, 2.45) is 5.41 Å². The van der Waals surface area contributed by atoms with Crippen molar-refractivity contribution in [1.29, 1.82) is 0 Å². The van der Waals surface area contributed by atoms with Gasteiger partial charge in [-0.2, -0.15) is 0 Å². The number of carboxylic acid groups (broad SMARTS) is 1. The Morgan fingerprint density at radius 3 is 2.08 bits per heavy atom. The van der Waals surface area contributed by atoms with Crippen molar-refractivity contribution < 1.29 is 9.90 Å². The first-order valence-electron chi connectivity index (χ1n) is 4.74. The lowest BCUT2D eigenvalue weighted by Gasteiger charge is -2.39. The SMILES string of the molecule is CCCNC(C)(C)C(C)(C)C(=O)O. The fourth-order valence-electron chi connectivity index (χ4n) is 0.926. The molecular formula is C10H21NO2. The Morgan fingerprint density at radius 1 is 1.31 bits per heavy atom. The fourth-order valence-corrected chi connectivity index (χ4v) is 0.926. The van der Waals surface area contributed by atoms with Crippen molar-refractivity contribution in [1.82, 2.24) is 5.32 Å². The van der Waals surface area contributed by atoms with Crippen molar-refractivity contribution in [3.63, 3.8) is 0 Å². The molecule has 0 bridgehead atoms. The number of hydrogen-bond acceptors (Lipinski definition) is 2. The third kappa shape index (κ3) is 2.69. The van der Waals surface area contributed by atoms with Gasteiger partial charge < -0.3 is 10.4 Å². The van der Waals surface area contributed by atoms with Crippen molar-refractivity contribution in [2.45, 2.75) is 46.6 Å². The summed E-state index contributed by atoms with van der Waals surface area (Å²) in [6, 6.07) is 0. The summed E-state index contributed by atoms with van der Waals surface area (Å²) in [6.07, 6.45) is 1.01. The Balaban J connectivity index is 4.50. The molecule has 0 aromatic rings. The van der Waals surface area contributed by atoms with E-state index in [9.17, 15) is 4.79 Å². The Kier molecular flexibility index (Phi) is 3.91. The summed E-state index contributed by atoms with van der Waals surface area (Å²) in [6.45, 7) is 10.3. The van der Waals surface area contributed by atoms with Crippen LogP contribution in [0.25, 0.3) is 0 Å². The van der Waals surface area contributed by atoms with Crippen LogP contribution in [0.1, 0.15) is 41.0 Å². The third-order valence-electron chi connectivity index (χ3n) is 2.91. The van der Waals surface area contributed by atoms with Gasteiger partial charge in [0.25, 0.3) is 0 Å². The monoisotopic (exact) mass is 187 g/mol. The molecule has 0 aliphatic heterocycles. The minimum Gasteiger partial charge on any atom is -0.481 e. The summed E-state index contributed by atoms with van der Waals surface area (Å²) in [4.78, 5) is 11.0. The average molecular weight is 187 g/mol. The van der Waals surface area contributed by atoms with E-state index in [1.165, 1.54) is 0 Å². The molecule has 0 atom stereocenters. The van der Waals surface area contributed by atoms with Gasteiger partial charge in [0.1, 0.15) is 0 Å². The number of carboxylic acids is 1. The largest absolute Gasteiger partial charge is 0.481 e. The molecule has 2 N–H and O–H groups in total. The molecule has 0 unspecified atom stereocenters. The van der Waals surface area contributed by atoms with Gasteiger partial charge >= 0.3 is 5.97 Å².